The Morgan fingerprint density at radius 2 is 1.80 bits per heavy atom. The van der Waals surface area contributed by atoms with Crippen LogP contribution in [0.1, 0.15) is 27.0 Å². The van der Waals surface area contributed by atoms with E-state index in [4.69, 9.17) is 18.9 Å². The minimum absolute atomic E-state index is 0.174. The molecule has 0 radical (unpaired) electrons. The number of hydrogen-bond donors (Lipinski definition) is 1. The van der Waals surface area contributed by atoms with Gasteiger partial charge in [0.1, 0.15) is 18.1 Å². The van der Waals surface area contributed by atoms with Crippen LogP contribution in [-0.4, -0.2) is 19.8 Å². The molecule has 0 spiro atoms. The summed E-state index contributed by atoms with van der Waals surface area (Å²) in [6.45, 7) is 2.94. The minimum Gasteiger partial charge on any atom is -0.496 e. The van der Waals surface area contributed by atoms with Crippen LogP contribution in [0.3, 0.4) is 0 Å². The fourth-order valence-corrected chi connectivity index (χ4v) is 3.16. The van der Waals surface area contributed by atoms with Crippen molar-refractivity contribution in [1.29, 1.82) is 0 Å². The predicted molar refractivity (Wildman–Crippen MR) is 112 cm³/mol. The number of methoxy groups -OCH3 is 1. The summed E-state index contributed by atoms with van der Waals surface area (Å²) >= 11 is 0. The second-order valence-corrected chi connectivity index (χ2v) is 7.00. The summed E-state index contributed by atoms with van der Waals surface area (Å²) in [5, 5.41) is 2.93. The van der Waals surface area contributed by atoms with Crippen molar-refractivity contribution >= 4 is 5.91 Å². The molecule has 4 rings (SSSR count). The first kappa shape index (κ1) is 19.6. The van der Waals surface area contributed by atoms with Gasteiger partial charge in [-0.2, -0.15) is 0 Å². The van der Waals surface area contributed by atoms with Gasteiger partial charge in [0.05, 0.1) is 7.11 Å². The van der Waals surface area contributed by atoms with Crippen molar-refractivity contribution < 1.29 is 23.7 Å². The lowest BCUT2D eigenvalue weighted by atomic mass is 10.1. The molecule has 6 nitrogen and oxygen atoms in total. The topological polar surface area (TPSA) is 66.0 Å². The summed E-state index contributed by atoms with van der Waals surface area (Å²) in [5.74, 6) is 2.68. The van der Waals surface area contributed by atoms with E-state index in [0.717, 1.165) is 22.6 Å². The fraction of sp³-hybridized carbons (Fsp3) is 0.208. The number of nitrogens with one attached hydrogen (secondary N) is 1. The molecule has 0 saturated heterocycles. The quantitative estimate of drug-likeness (QED) is 0.637. The van der Waals surface area contributed by atoms with E-state index < -0.39 is 0 Å². The van der Waals surface area contributed by atoms with Gasteiger partial charge in [-0.05, 0) is 55.0 Å². The zero-order valence-corrected chi connectivity index (χ0v) is 16.9. The van der Waals surface area contributed by atoms with Gasteiger partial charge in [-0.3, -0.25) is 4.79 Å². The molecular weight excluding hydrogens is 382 g/mol. The highest BCUT2D eigenvalue weighted by Crippen LogP contribution is 2.32. The Labute approximate surface area is 175 Å². The van der Waals surface area contributed by atoms with Crippen LogP contribution < -0.4 is 24.3 Å². The lowest BCUT2D eigenvalue weighted by molar-refractivity contribution is 0.0950. The van der Waals surface area contributed by atoms with E-state index in [9.17, 15) is 4.79 Å². The molecule has 0 bridgehead atoms. The number of carbonyl (C=O) groups is 1. The molecule has 1 aliphatic heterocycles. The van der Waals surface area contributed by atoms with Crippen LogP contribution in [-0.2, 0) is 13.2 Å². The van der Waals surface area contributed by atoms with Crippen molar-refractivity contribution in [2.24, 2.45) is 0 Å². The standard InChI is InChI=1S/C24H23NO5/c1-16-3-7-20(8-4-16)28-14-19-12-18(6-10-21(19)27-2)24(26)25-13-17-5-9-22-23(11-17)30-15-29-22/h3-12H,13-15H2,1-2H3,(H,25,26). The molecule has 0 atom stereocenters. The van der Waals surface area contributed by atoms with Crippen LogP contribution in [0.15, 0.2) is 60.7 Å². The molecule has 1 N–H and O–H groups in total. The third kappa shape index (κ3) is 4.49. The first-order chi connectivity index (χ1) is 14.6. The van der Waals surface area contributed by atoms with E-state index in [1.807, 2.05) is 49.4 Å². The highest BCUT2D eigenvalue weighted by atomic mass is 16.7. The summed E-state index contributed by atoms with van der Waals surface area (Å²) in [7, 11) is 1.60. The molecule has 154 valence electrons. The van der Waals surface area contributed by atoms with Gasteiger partial charge in [-0.25, -0.2) is 0 Å². The minimum atomic E-state index is -0.174. The van der Waals surface area contributed by atoms with Gasteiger partial charge in [0.25, 0.3) is 5.91 Å². The van der Waals surface area contributed by atoms with Gasteiger partial charge < -0.3 is 24.3 Å². The first-order valence-corrected chi connectivity index (χ1v) is 9.65. The Kier molecular flexibility index (Phi) is 5.75. The number of amides is 1. The maximum Gasteiger partial charge on any atom is 0.251 e. The van der Waals surface area contributed by atoms with Gasteiger partial charge in [0.2, 0.25) is 6.79 Å². The lowest BCUT2D eigenvalue weighted by Gasteiger charge is -2.13. The smallest absolute Gasteiger partial charge is 0.251 e. The SMILES string of the molecule is COc1ccc(C(=O)NCc2ccc3c(c2)OCO3)cc1COc1ccc(C)cc1. The maximum atomic E-state index is 12.7. The third-order valence-electron chi connectivity index (χ3n) is 4.85. The largest absolute Gasteiger partial charge is 0.496 e. The molecule has 0 aromatic heterocycles. The zero-order valence-electron chi connectivity index (χ0n) is 16.9. The Bertz CT molecular complexity index is 1050. The predicted octanol–water partition coefficient (Wildman–Crippen LogP) is 4.24. The molecular formula is C24H23NO5. The molecule has 0 unspecified atom stereocenters. The second-order valence-electron chi connectivity index (χ2n) is 7.00. The number of carbonyl (C=O) groups excluding carboxylic acids is 1. The average Bonchev–Trinajstić information content (AvgIpc) is 3.25. The lowest BCUT2D eigenvalue weighted by Crippen LogP contribution is -2.23. The highest BCUT2D eigenvalue weighted by molar-refractivity contribution is 5.94. The highest BCUT2D eigenvalue weighted by Gasteiger charge is 2.14. The van der Waals surface area contributed by atoms with Crippen LogP contribution in [0.5, 0.6) is 23.0 Å². The van der Waals surface area contributed by atoms with Gasteiger partial charge >= 0.3 is 0 Å². The molecule has 30 heavy (non-hydrogen) atoms. The number of benzene rings is 3. The van der Waals surface area contributed by atoms with E-state index in [0.29, 0.717) is 30.2 Å². The van der Waals surface area contributed by atoms with Gasteiger partial charge in [-0.15, -0.1) is 0 Å². The Balaban J connectivity index is 1.42. The Morgan fingerprint density at radius 3 is 2.60 bits per heavy atom. The first-order valence-electron chi connectivity index (χ1n) is 9.65. The van der Waals surface area contributed by atoms with Crippen LogP contribution in [0, 0.1) is 6.92 Å². The number of ether oxygens (including phenoxy) is 4. The molecule has 0 saturated carbocycles. The van der Waals surface area contributed by atoms with Gasteiger partial charge in [0.15, 0.2) is 11.5 Å². The van der Waals surface area contributed by atoms with Crippen LogP contribution in [0.2, 0.25) is 0 Å². The zero-order chi connectivity index (χ0) is 20.9. The van der Waals surface area contributed by atoms with Crippen molar-refractivity contribution in [1.82, 2.24) is 5.32 Å². The fourth-order valence-electron chi connectivity index (χ4n) is 3.16. The number of rotatable bonds is 7. The van der Waals surface area contributed by atoms with Crippen molar-refractivity contribution in [2.45, 2.75) is 20.1 Å². The monoisotopic (exact) mass is 405 g/mol. The molecule has 6 heteroatoms. The molecule has 1 aliphatic rings. The number of fused-ring (bicyclic) bond motifs is 1. The van der Waals surface area contributed by atoms with Crippen LogP contribution in [0.4, 0.5) is 0 Å². The van der Waals surface area contributed by atoms with Crippen molar-refractivity contribution in [3.05, 3.63) is 82.9 Å². The Hall–Kier alpha value is -3.67. The van der Waals surface area contributed by atoms with Gasteiger partial charge in [-0.1, -0.05) is 23.8 Å². The Morgan fingerprint density at radius 1 is 1.00 bits per heavy atom. The molecule has 3 aromatic rings. The van der Waals surface area contributed by atoms with E-state index >= 15 is 0 Å². The second kappa shape index (κ2) is 8.78. The van der Waals surface area contributed by atoms with E-state index in [2.05, 4.69) is 5.32 Å². The normalized spacial score (nSPS) is 11.8. The van der Waals surface area contributed by atoms with E-state index in [1.54, 1.807) is 25.3 Å². The molecule has 3 aromatic carbocycles. The molecule has 0 aliphatic carbocycles. The number of aryl methyl sites for hydroxylation is 1. The summed E-state index contributed by atoms with van der Waals surface area (Å²) in [6.07, 6.45) is 0. The van der Waals surface area contributed by atoms with Crippen molar-refractivity contribution in [2.75, 3.05) is 13.9 Å². The molecule has 1 heterocycles. The maximum absolute atomic E-state index is 12.7. The van der Waals surface area contributed by atoms with Crippen LogP contribution >= 0.6 is 0 Å². The number of hydrogen-bond acceptors (Lipinski definition) is 5. The summed E-state index contributed by atoms with van der Waals surface area (Å²) in [6, 6.07) is 18.8. The third-order valence-corrected chi connectivity index (χ3v) is 4.85. The molecule has 1 amide bonds. The summed E-state index contributed by atoms with van der Waals surface area (Å²) in [4.78, 5) is 12.7. The van der Waals surface area contributed by atoms with E-state index in [-0.39, 0.29) is 12.7 Å². The van der Waals surface area contributed by atoms with Gasteiger partial charge in [0, 0.05) is 17.7 Å². The van der Waals surface area contributed by atoms with Crippen molar-refractivity contribution in [3.8, 4) is 23.0 Å². The summed E-state index contributed by atoms with van der Waals surface area (Å²) in [5.41, 5.74) is 3.44. The van der Waals surface area contributed by atoms with Crippen LogP contribution in [0.25, 0.3) is 0 Å². The molecule has 0 fully saturated rings. The van der Waals surface area contributed by atoms with E-state index in [1.165, 1.54) is 5.56 Å². The van der Waals surface area contributed by atoms with Crippen molar-refractivity contribution in [3.63, 3.8) is 0 Å². The summed E-state index contributed by atoms with van der Waals surface area (Å²) < 4.78 is 22.0. The average molecular weight is 405 g/mol.